The van der Waals surface area contributed by atoms with Crippen LogP contribution in [0, 0.1) is 0 Å². The zero-order valence-electron chi connectivity index (χ0n) is 6.83. The van der Waals surface area contributed by atoms with E-state index in [1.54, 1.807) is 0 Å². The molecule has 1 aliphatic heterocycles. The van der Waals surface area contributed by atoms with Gasteiger partial charge in [0.25, 0.3) is 0 Å². The molecule has 1 rings (SSSR count). The topological polar surface area (TPSA) is 26.3 Å². The Morgan fingerprint density at radius 1 is 1.55 bits per heavy atom. The van der Waals surface area contributed by atoms with Gasteiger partial charge in [0.15, 0.2) is 0 Å². The standard InChI is InChI=1S/C9H12O2/c1-3-5-8-6-7(4-2)9(10)11-8/h3-5,8H,6H2,1-2H3/b5-3+,7-4+. The quantitative estimate of drug-likeness (QED) is 0.325. The van der Waals surface area contributed by atoms with Gasteiger partial charge in [-0.05, 0) is 19.9 Å². The number of ether oxygens (including phenoxy) is 1. The first-order valence-corrected chi connectivity index (χ1v) is 3.77. The molecule has 1 saturated heterocycles. The first kappa shape index (κ1) is 8.05. The van der Waals surface area contributed by atoms with E-state index in [-0.39, 0.29) is 12.1 Å². The largest absolute Gasteiger partial charge is 0.454 e. The molecule has 1 atom stereocenters. The molecule has 0 amide bonds. The third-order valence-electron chi connectivity index (χ3n) is 1.70. The predicted octanol–water partition coefficient (Wildman–Crippen LogP) is 1.82. The number of carbonyl (C=O) groups is 1. The van der Waals surface area contributed by atoms with Crippen LogP contribution < -0.4 is 0 Å². The number of cyclic esters (lactones) is 1. The van der Waals surface area contributed by atoms with Crippen molar-refractivity contribution in [1.29, 1.82) is 0 Å². The summed E-state index contributed by atoms with van der Waals surface area (Å²) in [7, 11) is 0. The van der Waals surface area contributed by atoms with E-state index in [0.717, 1.165) is 12.0 Å². The van der Waals surface area contributed by atoms with Gasteiger partial charge in [0, 0.05) is 12.0 Å². The minimum Gasteiger partial charge on any atom is -0.454 e. The van der Waals surface area contributed by atoms with Crippen LogP contribution in [0.4, 0.5) is 0 Å². The van der Waals surface area contributed by atoms with E-state index in [1.165, 1.54) is 0 Å². The van der Waals surface area contributed by atoms with E-state index >= 15 is 0 Å². The number of hydrogen-bond donors (Lipinski definition) is 0. The molecule has 0 aliphatic carbocycles. The average molecular weight is 152 g/mol. The van der Waals surface area contributed by atoms with Crippen LogP contribution in [0.15, 0.2) is 23.8 Å². The molecule has 0 radical (unpaired) electrons. The van der Waals surface area contributed by atoms with E-state index < -0.39 is 0 Å². The van der Waals surface area contributed by atoms with Crippen LogP contribution in [0.1, 0.15) is 20.3 Å². The van der Waals surface area contributed by atoms with Gasteiger partial charge in [-0.1, -0.05) is 12.2 Å². The summed E-state index contributed by atoms with van der Waals surface area (Å²) in [4.78, 5) is 11.0. The molecule has 1 unspecified atom stereocenters. The van der Waals surface area contributed by atoms with Crippen LogP contribution in [0.2, 0.25) is 0 Å². The molecule has 60 valence electrons. The summed E-state index contributed by atoms with van der Waals surface area (Å²) in [5, 5.41) is 0. The van der Waals surface area contributed by atoms with Crippen LogP contribution in [0.5, 0.6) is 0 Å². The SMILES string of the molecule is C/C=C/C1C/C(=C\C)C(=O)O1. The fourth-order valence-electron chi connectivity index (χ4n) is 1.11. The Bertz CT molecular complexity index is 214. The van der Waals surface area contributed by atoms with Crippen LogP contribution in [-0.4, -0.2) is 12.1 Å². The molecule has 1 fully saturated rings. The zero-order valence-corrected chi connectivity index (χ0v) is 6.83. The van der Waals surface area contributed by atoms with Gasteiger partial charge in [-0.2, -0.15) is 0 Å². The van der Waals surface area contributed by atoms with Crippen molar-refractivity contribution in [2.24, 2.45) is 0 Å². The summed E-state index contributed by atoms with van der Waals surface area (Å²) in [6.45, 7) is 3.77. The maximum atomic E-state index is 11.0. The molecular formula is C9H12O2. The Labute approximate surface area is 66.5 Å². The third kappa shape index (κ3) is 1.70. The minimum atomic E-state index is -0.171. The summed E-state index contributed by atoms with van der Waals surface area (Å²) in [5.74, 6) is -0.171. The van der Waals surface area contributed by atoms with Gasteiger partial charge in [-0.3, -0.25) is 0 Å². The molecular weight excluding hydrogens is 140 g/mol. The zero-order chi connectivity index (χ0) is 8.27. The summed E-state index contributed by atoms with van der Waals surface area (Å²) < 4.78 is 5.01. The van der Waals surface area contributed by atoms with Gasteiger partial charge in [-0.15, -0.1) is 0 Å². The second-order valence-corrected chi connectivity index (χ2v) is 2.49. The summed E-state index contributed by atoms with van der Waals surface area (Å²) in [6.07, 6.45) is 6.30. The molecule has 2 nitrogen and oxygen atoms in total. The Balaban J connectivity index is 2.64. The van der Waals surface area contributed by atoms with E-state index in [9.17, 15) is 4.79 Å². The lowest BCUT2D eigenvalue weighted by Gasteiger charge is -1.98. The van der Waals surface area contributed by atoms with Gasteiger partial charge in [0.05, 0.1) is 0 Å². The highest BCUT2D eigenvalue weighted by Crippen LogP contribution is 2.20. The molecule has 0 bridgehead atoms. The molecule has 0 saturated carbocycles. The van der Waals surface area contributed by atoms with Crippen molar-refractivity contribution in [2.45, 2.75) is 26.4 Å². The van der Waals surface area contributed by atoms with Crippen molar-refractivity contribution in [2.75, 3.05) is 0 Å². The molecule has 0 aromatic heterocycles. The molecule has 2 heteroatoms. The van der Waals surface area contributed by atoms with Crippen molar-refractivity contribution in [1.82, 2.24) is 0 Å². The molecule has 1 aliphatic rings. The monoisotopic (exact) mass is 152 g/mol. The van der Waals surface area contributed by atoms with Gasteiger partial charge < -0.3 is 4.74 Å². The number of allylic oxidation sites excluding steroid dienone is 2. The summed E-state index contributed by atoms with van der Waals surface area (Å²) in [5.41, 5.74) is 0.785. The first-order valence-electron chi connectivity index (χ1n) is 3.77. The Hall–Kier alpha value is -1.05. The average Bonchev–Trinajstić information content (AvgIpc) is 2.32. The van der Waals surface area contributed by atoms with Gasteiger partial charge in [0.2, 0.25) is 0 Å². The minimum absolute atomic E-state index is 0.0290. The van der Waals surface area contributed by atoms with E-state index in [1.807, 2.05) is 32.1 Å². The molecule has 0 N–H and O–H groups in total. The maximum Gasteiger partial charge on any atom is 0.334 e. The lowest BCUT2D eigenvalue weighted by molar-refractivity contribution is -0.137. The fourth-order valence-corrected chi connectivity index (χ4v) is 1.11. The van der Waals surface area contributed by atoms with Crippen molar-refractivity contribution in [3.8, 4) is 0 Å². The van der Waals surface area contributed by atoms with E-state index in [4.69, 9.17) is 4.74 Å². The second kappa shape index (κ2) is 3.37. The summed E-state index contributed by atoms with van der Waals surface area (Å²) >= 11 is 0. The first-order chi connectivity index (χ1) is 5.27. The van der Waals surface area contributed by atoms with Crippen LogP contribution in [0.25, 0.3) is 0 Å². The second-order valence-electron chi connectivity index (χ2n) is 2.49. The van der Waals surface area contributed by atoms with Crippen molar-refractivity contribution < 1.29 is 9.53 Å². The highest BCUT2D eigenvalue weighted by molar-refractivity contribution is 5.90. The number of hydrogen-bond acceptors (Lipinski definition) is 2. The molecule has 0 aromatic carbocycles. The van der Waals surface area contributed by atoms with Crippen molar-refractivity contribution >= 4 is 5.97 Å². The molecule has 11 heavy (non-hydrogen) atoms. The Morgan fingerprint density at radius 2 is 2.27 bits per heavy atom. The maximum absolute atomic E-state index is 11.0. The number of carbonyl (C=O) groups excluding carboxylic acids is 1. The highest BCUT2D eigenvalue weighted by atomic mass is 16.5. The Kier molecular flexibility index (Phi) is 2.47. The van der Waals surface area contributed by atoms with Gasteiger partial charge >= 0.3 is 5.97 Å². The highest BCUT2D eigenvalue weighted by Gasteiger charge is 2.25. The fraction of sp³-hybridized carbons (Fsp3) is 0.444. The molecule has 0 spiro atoms. The lowest BCUT2D eigenvalue weighted by Crippen LogP contribution is -2.01. The Morgan fingerprint density at radius 3 is 2.73 bits per heavy atom. The van der Waals surface area contributed by atoms with E-state index in [0.29, 0.717) is 0 Å². The summed E-state index contributed by atoms with van der Waals surface area (Å²) in [6, 6.07) is 0. The van der Waals surface area contributed by atoms with E-state index in [2.05, 4.69) is 0 Å². The van der Waals surface area contributed by atoms with Gasteiger partial charge in [-0.25, -0.2) is 4.79 Å². The molecule has 1 heterocycles. The van der Waals surface area contributed by atoms with Crippen LogP contribution in [0.3, 0.4) is 0 Å². The van der Waals surface area contributed by atoms with Crippen LogP contribution >= 0.6 is 0 Å². The smallest absolute Gasteiger partial charge is 0.334 e. The molecule has 0 aromatic rings. The normalized spacial score (nSPS) is 28.4. The number of rotatable bonds is 1. The van der Waals surface area contributed by atoms with Crippen LogP contribution in [-0.2, 0) is 9.53 Å². The van der Waals surface area contributed by atoms with Gasteiger partial charge in [0.1, 0.15) is 6.10 Å². The van der Waals surface area contributed by atoms with Crippen molar-refractivity contribution in [3.63, 3.8) is 0 Å². The number of esters is 1. The van der Waals surface area contributed by atoms with Crippen molar-refractivity contribution in [3.05, 3.63) is 23.8 Å². The third-order valence-corrected chi connectivity index (χ3v) is 1.70. The lowest BCUT2D eigenvalue weighted by atomic mass is 10.1. The predicted molar refractivity (Wildman–Crippen MR) is 43.1 cm³/mol.